The number of ether oxygens (including phenoxy) is 1. The van der Waals surface area contributed by atoms with E-state index >= 15 is 0 Å². The van der Waals surface area contributed by atoms with Crippen molar-refractivity contribution in [2.24, 2.45) is 7.05 Å². The Balaban J connectivity index is 1.37. The van der Waals surface area contributed by atoms with Crippen molar-refractivity contribution < 1.29 is 13.9 Å². The van der Waals surface area contributed by atoms with Gasteiger partial charge in [-0.25, -0.2) is 9.37 Å². The van der Waals surface area contributed by atoms with Gasteiger partial charge >= 0.3 is 0 Å². The van der Waals surface area contributed by atoms with E-state index < -0.39 is 0 Å². The highest BCUT2D eigenvalue weighted by Gasteiger charge is 2.26. The molecule has 0 N–H and O–H groups in total. The van der Waals surface area contributed by atoms with Crippen LogP contribution in [0, 0.1) is 12.7 Å². The summed E-state index contributed by atoms with van der Waals surface area (Å²) in [6.07, 6.45) is 1.49. The van der Waals surface area contributed by atoms with Gasteiger partial charge in [0.2, 0.25) is 0 Å². The lowest BCUT2D eigenvalue weighted by atomic mass is 10.1. The number of hydrogen-bond acceptors (Lipinski definition) is 5. The molecule has 6 nitrogen and oxygen atoms in total. The van der Waals surface area contributed by atoms with Gasteiger partial charge in [-0.3, -0.25) is 9.48 Å². The summed E-state index contributed by atoms with van der Waals surface area (Å²) < 4.78 is 21.7. The maximum absolute atomic E-state index is 13.3. The molecule has 0 atom stereocenters. The molecule has 136 valence electrons. The second kappa shape index (κ2) is 6.68. The average Bonchev–Trinajstić information content (AvgIpc) is 3.17. The standard InChI is InChI=1S/C18H19FN4O2S/c1-11-9-15(21-22(11)2)17(24)23-7-5-13(6-8-23)25-18-20-14-4-3-12(19)10-16(14)26-18/h3-4,9-10,13H,5-8H2,1-2H3. The van der Waals surface area contributed by atoms with E-state index in [1.165, 1.54) is 23.5 Å². The Hall–Kier alpha value is -2.48. The van der Waals surface area contributed by atoms with Crippen LogP contribution in [-0.4, -0.2) is 44.8 Å². The Morgan fingerprint density at radius 3 is 2.77 bits per heavy atom. The third kappa shape index (κ3) is 3.29. The van der Waals surface area contributed by atoms with Gasteiger partial charge in [0.25, 0.3) is 11.1 Å². The van der Waals surface area contributed by atoms with Gasteiger partial charge in [0.05, 0.1) is 10.2 Å². The molecule has 2 aromatic heterocycles. The highest BCUT2D eigenvalue weighted by molar-refractivity contribution is 7.20. The van der Waals surface area contributed by atoms with E-state index in [2.05, 4.69) is 10.1 Å². The summed E-state index contributed by atoms with van der Waals surface area (Å²) in [6, 6.07) is 6.33. The lowest BCUT2D eigenvalue weighted by Crippen LogP contribution is -2.42. The number of aryl methyl sites for hydroxylation is 2. The summed E-state index contributed by atoms with van der Waals surface area (Å²) in [5.41, 5.74) is 2.18. The molecule has 8 heteroatoms. The second-order valence-corrected chi connectivity index (χ2v) is 7.49. The minimum atomic E-state index is -0.274. The molecule has 0 spiro atoms. The minimum absolute atomic E-state index is 0.00919. The minimum Gasteiger partial charge on any atom is -0.467 e. The Bertz CT molecular complexity index is 940. The molecule has 3 aromatic rings. The smallest absolute Gasteiger partial charge is 0.274 e. The number of hydrogen-bond donors (Lipinski definition) is 0. The summed E-state index contributed by atoms with van der Waals surface area (Å²) in [4.78, 5) is 18.8. The second-order valence-electron chi connectivity index (χ2n) is 6.50. The Morgan fingerprint density at radius 1 is 1.31 bits per heavy atom. The van der Waals surface area contributed by atoms with Crippen LogP contribution in [0.2, 0.25) is 0 Å². The molecule has 0 bridgehead atoms. The lowest BCUT2D eigenvalue weighted by molar-refractivity contribution is 0.0589. The van der Waals surface area contributed by atoms with Crippen LogP contribution in [0.5, 0.6) is 5.19 Å². The van der Waals surface area contributed by atoms with Crippen molar-refractivity contribution in [2.75, 3.05) is 13.1 Å². The predicted molar refractivity (Wildman–Crippen MR) is 97.1 cm³/mol. The Morgan fingerprint density at radius 2 is 2.08 bits per heavy atom. The van der Waals surface area contributed by atoms with Gasteiger partial charge in [-0.2, -0.15) is 5.10 Å². The first kappa shape index (κ1) is 17.0. The number of carbonyl (C=O) groups is 1. The number of amides is 1. The topological polar surface area (TPSA) is 60.3 Å². The van der Waals surface area contributed by atoms with Crippen molar-refractivity contribution >= 4 is 27.5 Å². The van der Waals surface area contributed by atoms with Crippen LogP contribution in [0.25, 0.3) is 10.2 Å². The molecule has 3 heterocycles. The van der Waals surface area contributed by atoms with E-state index in [-0.39, 0.29) is 17.8 Å². The molecule has 1 aliphatic rings. The van der Waals surface area contributed by atoms with E-state index in [0.717, 1.165) is 28.8 Å². The largest absolute Gasteiger partial charge is 0.467 e. The number of likely N-dealkylation sites (tertiary alicyclic amines) is 1. The molecular weight excluding hydrogens is 355 g/mol. The van der Waals surface area contributed by atoms with Crippen molar-refractivity contribution in [3.63, 3.8) is 0 Å². The number of piperidine rings is 1. The number of aromatic nitrogens is 3. The van der Waals surface area contributed by atoms with E-state index in [9.17, 15) is 9.18 Å². The molecule has 4 rings (SSSR count). The highest BCUT2D eigenvalue weighted by Crippen LogP contribution is 2.30. The Labute approximate surface area is 154 Å². The average molecular weight is 374 g/mol. The zero-order valence-corrected chi connectivity index (χ0v) is 15.4. The summed E-state index contributed by atoms with van der Waals surface area (Å²) in [5.74, 6) is -0.313. The fourth-order valence-corrected chi connectivity index (χ4v) is 3.98. The maximum Gasteiger partial charge on any atom is 0.274 e. The summed E-state index contributed by atoms with van der Waals surface area (Å²) in [5, 5.41) is 4.81. The van der Waals surface area contributed by atoms with E-state index in [4.69, 9.17) is 4.74 Å². The number of nitrogens with zero attached hydrogens (tertiary/aromatic N) is 4. The highest BCUT2D eigenvalue weighted by atomic mass is 32.1. The van der Waals surface area contributed by atoms with E-state index in [1.807, 2.05) is 24.9 Å². The van der Waals surface area contributed by atoms with Crippen LogP contribution in [0.3, 0.4) is 0 Å². The third-order valence-corrected chi connectivity index (χ3v) is 5.57. The SMILES string of the molecule is Cc1cc(C(=O)N2CCC(Oc3nc4ccc(F)cc4s3)CC2)nn1C. The molecule has 1 fully saturated rings. The van der Waals surface area contributed by atoms with Crippen molar-refractivity contribution in [3.8, 4) is 5.19 Å². The van der Waals surface area contributed by atoms with E-state index in [0.29, 0.717) is 24.0 Å². The fourth-order valence-electron chi connectivity index (χ4n) is 3.07. The van der Waals surface area contributed by atoms with Gasteiger partial charge in [0.15, 0.2) is 5.69 Å². The Kier molecular flexibility index (Phi) is 4.36. The number of fused-ring (bicyclic) bond motifs is 1. The molecule has 1 amide bonds. The molecule has 1 saturated heterocycles. The monoisotopic (exact) mass is 374 g/mol. The van der Waals surface area contributed by atoms with Gasteiger partial charge in [-0.05, 0) is 31.2 Å². The summed E-state index contributed by atoms with van der Waals surface area (Å²) in [6.45, 7) is 3.17. The van der Waals surface area contributed by atoms with Crippen LogP contribution in [0.4, 0.5) is 4.39 Å². The van der Waals surface area contributed by atoms with Crippen LogP contribution in [-0.2, 0) is 7.05 Å². The molecule has 1 aliphatic heterocycles. The first-order valence-electron chi connectivity index (χ1n) is 8.52. The van der Waals surface area contributed by atoms with Gasteiger partial charge in [-0.15, -0.1) is 0 Å². The zero-order chi connectivity index (χ0) is 18.3. The van der Waals surface area contributed by atoms with Crippen LogP contribution < -0.4 is 4.74 Å². The fraction of sp³-hybridized carbons (Fsp3) is 0.389. The van der Waals surface area contributed by atoms with Crippen LogP contribution in [0.15, 0.2) is 24.3 Å². The zero-order valence-electron chi connectivity index (χ0n) is 14.6. The first-order valence-corrected chi connectivity index (χ1v) is 9.34. The lowest BCUT2D eigenvalue weighted by Gasteiger charge is -2.31. The molecule has 0 unspecified atom stereocenters. The first-order chi connectivity index (χ1) is 12.5. The molecule has 26 heavy (non-hydrogen) atoms. The number of halogens is 1. The van der Waals surface area contributed by atoms with Gasteiger partial charge in [0, 0.05) is 38.7 Å². The molecule has 1 aromatic carbocycles. The molecular formula is C18H19FN4O2S. The quantitative estimate of drug-likeness (QED) is 0.707. The van der Waals surface area contributed by atoms with Gasteiger partial charge < -0.3 is 9.64 Å². The van der Waals surface area contributed by atoms with Crippen molar-refractivity contribution in [1.82, 2.24) is 19.7 Å². The van der Waals surface area contributed by atoms with Crippen molar-refractivity contribution in [2.45, 2.75) is 25.9 Å². The maximum atomic E-state index is 13.3. The predicted octanol–water partition coefficient (Wildman–Crippen LogP) is 3.16. The number of thiazole rings is 1. The van der Waals surface area contributed by atoms with Crippen LogP contribution >= 0.6 is 11.3 Å². The van der Waals surface area contributed by atoms with Gasteiger partial charge in [-0.1, -0.05) is 11.3 Å². The van der Waals surface area contributed by atoms with Crippen molar-refractivity contribution in [1.29, 1.82) is 0 Å². The van der Waals surface area contributed by atoms with Gasteiger partial charge in [0.1, 0.15) is 11.9 Å². The normalized spacial score (nSPS) is 15.6. The van der Waals surface area contributed by atoms with Crippen molar-refractivity contribution in [3.05, 3.63) is 41.5 Å². The van der Waals surface area contributed by atoms with E-state index in [1.54, 1.807) is 10.7 Å². The molecule has 0 saturated carbocycles. The number of rotatable bonds is 3. The third-order valence-electron chi connectivity index (χ3n) is 4.66. The summed E-state index contributed by atoms with van der Waals surface area (Å²) in [7, 11) is 1.83. The molecule has 0 aliphatic carbocycles. The summed E-state index contributed by atoms with van der Waals surface area (Å²) >= 11 is 1.35. The van der Waals surface area contributed by atoms with Crippen LogP contribution in [0.1, 0.15) is 29.0 Å². The molecule has 0 radical (unpaired) electrons. The number of benzene rings is 1. The number of carbonyl (C=O) groups excluding carboxylic acids is 1.